The highest BCUT2D eigenvalue weighted by molar-refractivity contribution is 9.10. The molecule has 0 amide bonds. The number of rotatable bonds is 4. The number of halogens is 1. The number of hydrogen-bond donors (Lipinski definition) is 1. The Kier molecular flexibility index (Phi) is 4.28. The first-order valence-corrected chi connectivity index (χ1v) is 5.27. The van der Waals surface area contributed by atoms with E-state index in [9.17, 15) is 4.79 Å². The van der Waals surface area contributed by atoms with Crippen LogP contribution in [0.4, 0.5) is 0 Å². The molecule has 14 heavy (non-hydrogen) atoms. The van der Waals surface area contributed by atoms with E-state index in [1.807, 2.05) is 6.92 Å². The molecule has 0 fully saturated rings. The van der Waals surface area contributed by atoms with Gasteiger partial charge in [-0.15, -0.1) is 0 Å². The maximum Gasteiger partial charge on any atom is 0.265 e. The molecule has 0 aliphatic carbocycles. The molecule has 0 unspecified atom stereocenters. The van der Waals surface area contributed by atoms with Gasteiger partial charge >= 0.3 is 0 Å². The van der Waals surface area contributed by atoms with Gasteiger partial charge in [-0.25, -0.2) is 4.98 Å². The van der Waals surface area contributed by atoms with Crippen molar-refractivity contribution in [2.24, 2.45) is 0 Å². The first-order chi connectivity index (χ1) is 6.65. The Morgan fingerprint density at radius 1 is 1.57 bits per heavy atom. The molecule has 0 aliphatic rings. The lowest BCUT2D eigenvalue weighted by Gasteiger charge is -2.03. The van der Waals surface area contributed by atoms with Crippen LogP contribution >= 0.6 is 15.9 Å². The van der Waals surface area contributed by atoms with Crippen molar-refractivity contribution in [3.05, 3.63) is 26.3 Å². The Morgan fingerprint density at radius 3 is 2.86 bits per heavy atom. The molecule has 4 nitrogen and oxygen atoms in total. The van der Waals surface area contributed by atoms with Gasteiger partial charge in [0.05, 0.1) is 12.3 Å². The molecule has 0 atom stereocenters. The lowest BCUT2D eigenvalue weighted by Crippen LogP contribution is -2.15. The molecule has 1 aromatic rings. The Bertz CT molecular complexity index is 362. The van der Waals surface area contributed by atoms with Crippen molar-refractivity contribution in [3.8, 4) is 0 Å². The number of aromatic nitrogens is 2. The zero-order valence-electron chi connectivity index (χ0n) is 8.26. The minimum Gasteiger partial charge on any atom is -0.381 e. The molecular weight excluding hydrogens is 248 g/mol. The van der Waals surface area contributed by atoms with Crippen LogP contribution in [0.1, 0.15) is 18.4 Å². The zero-order valence-corrected chi connectivity index (χ0v) is 9.85. The number of nitrogens with zero attached hydrogens (tertiary/aromatic N) is 1. The quantitative estimate of drug-likeness (QED) is 0.834. The standard InChI is InChI=1S/C9H13BrN2O2/c1-3-14-5-4-7-11-6(2)8(10)9(13)12-7/h3-5H2,1-2H3,(H,11,12,13). The average Bonchev–Trinajstić information content (AvgIpc) is 2.14. The van der Waals surface area contributed by atoms with E-state index in [4.69, 9.17) is 4.74 Å². The molecule has 5 heteroatoms. The number of ether oxygens (including phenoxy) is 1. The van der Waals surface area contributed by atoms with E-state index in [-0.39, 0.29) is 5.56 Å². The second-order valence-electron chi connectivity index (χ2n) is 2.86. The van der Waals surface area contributed by atoms with Crippen molar-refractivity contribution in [2.75, 3.05) is 13.2 Å². The van der Waals surface area contributed by atoms with Crippen molar-refractivity contribution in [3.63, 3.8) is 0 Å². The minimum atomic E-state index is -0.135. The average molecular weight is 261 g/mol. The van der Waals surface area contributed by atoms with Crippen LogP contribution in [0.5, 0.6) is 0 Å². The Labute approximate surface area is 90.8 Å². The van der Waals surface area contributed by atoms with Crippen LogP contribution in [-0.4, -0.2) is 23.2 Å². The van der Waals surface area contributed by atoms with E-state index in [1.165, 1.54) is 0 Å². The lowest BCUT2D eigenvalue weighted by atomic mass is 10.4. The van der Waals surface area contributed by atoms with Crippen molar-refractivity contribution in [1.29, 1.82) is 0 Å². The van der Waals surface area contributed by atoms with E-state index < -0.39 is 0 Å². The molecule has 1 rings (SSSR count). The number of hydrogen-bond acceptors (Lipinski definition) is 3. The van der Waals surface area contributed by atoms with Crippen molar-refractivity contribution in [2.45, 2.75) is 20.3 Å². The third-order valence-corrected chi connectivity index (χ3v) is 2.70. The van der Waals surface area contributed by atoms with Gasteiger partial charge in [0.1, 0.15) is 10.3 Å². The summed E-state index contributed by atoms with van der Waals surface area (Å²) >= 11 is 3.16. The van der Waals surface area contributed by atoms with Crippen LogP contribution in [0.3, 0.4) is 0 Å². The molecule has 0 spiro atoms. The van der Waals surface area contributed by atoms with Crippen LogP contribution in [0.25, 0.3) is 0 Å². The summed E-state index contributed by atoms with van der Waals surface area (Å²) in [5.41, 5.74) is 0.573. The van der Waals surface area contributed by atoms with Gasteiger partial charge in [-0.05, 0) is 29.8 Å². The van der Waals surface area contributed by atoms with Gasteiger partial charge in [0.15, 0.2) is 0 Å². The number of nitrogens with one attached hydrogen (secondary N) is 1. The highest BCUT2D eigenvalue weighted by Gasteiger charge is 2.04. The van der Waals surface area contributed by atoms with E-state index in [0.29, 0.717) is 35.6 Å². The summed E-state index contributed by atoms with van der Waals surface area (Å²) in [6.07, 6.45) is 0.636. The van der Waals surface area contributed by atoms with Crippen molar-refractivity contribution >= 4 is 15.9 Å². The molecule has 0 radical (unpaired) electrons. The highest BCUT2D eigenvalue weighted by Crippen LogP contribution is 2.06. The van der Waals surface area contributed by atoms with Gasteiger partial charge in [0.25, 0.3) is 5.56 Å². The topological polar surface area (TPSA) is 55.0 Å². The van der Waals surface area contributed by atoms with Gasteiger partial charge in [-0.2, -0.15) is 0 Å². The normalized spacial score (nSPS) is 10.5. The Morgan fingerprint density at radius 2 is 2.29 bits per heavy atom. The van der Waals surface area contributed by atoms with Crippen molar-refractivity contribution in [1.82, 2.24) is 9.97 Å². The van der Waals surface area contributed by atoms with Crippen LogP contribution in [0.2, 0.25) is 0 Å². The molecule has 0 saturated carbocycles. The van der Waals surface area contributed by atoms with Gasteiger partial charge in [-0.3, -0.25) is 4.79 Å². The summed E-state index contributed by atoms with van der Waals surface area (Å²) in [5.74, 6) is 0.671. The van der Waals surface area contributed by atoms with Gasteiger partial charge in [0, 0.05) is 13.0 Å². The third-order valence-electron chi connectivity index (χ3n) is 1.76. The predicted molar refractivity (Wildman–Crippen MR) is 57.5 cm³/mol. The van der Waals surface area contributed by atoms with E-state index in [0.717, 1.165) is 0 Å². The van der Waals surface area contributed by atoms with Gasteiger partial charge < -0.3 is 9.72 Å². The number of aryl methyl sites for hydroxylation is 1. The maximum absolute atomic E-state index is 11.3. The van der Waals surface area contributed by atoms with Crippen LogP contribution in [0.15, 0.2) is 9.27 Å². The summed E-state index contributed by atoms with van der Waals surface area (Å²) in [5, 5.41) is 0. The fourth-order valence-corrected chi connectivity index (χ4v) is 1.25. The van der Waals surface area contributed by atoms with Gasteiger partial charge in [0.2, 0.25) is 0 Å². The molecule has 1 N–H and O–H groups in total. The van der Waals surface area contributed by atoms with E-state index in [1.54, 1.807) is 6.92 Å². The first kappa shape index (κ1) is 11.4. The number of H-pyrrole nitrogens is 1. The van der Waals surface area contributed by atoms with Crippen molar-refractivity contribution < 1.29 is 4.74 Å². The summed E-state index contributed by atoms with van der Waals surface area (Å²) in [6.45, 7) is 4.99. The molecule has 0 aliphatic heterocycles. The molecule has 1 aromatic heterocycles. The Balaban J connectivity index is 2.75. The fraction of sp³-hybridized carbons (Fsp3) is 0.556. The second-order valence-corrected chi connectivity index (χ2v) is 3.65. The maximum atomic E-state index is 11.3. The second kappa shape index (κ2) is 5.26. The van der Waals surface area contributed by atoms with Gasteiger partial charge in [-0.1, -0.05) is 0 Å². The SMILES string of the molecule is CCOCCc1nc(C)c(Br)c(=O)[nH]1. The Hall–Kier alpha value is -0.680. The number of aromatic amines is 1. The molecule has 78 valence electrons. The highest BCUT2D eigenvalue weighted by atomic mass is 79.9. The summed E-state index contributed by atoms with van der Waals surface area (Å²) < 4.78 is 5.67. The van der Waals surface area contributed by atoms with E-state index >= 15 is 0 Å². The van der Waals surface area contributed by atoms with Crippen LogP contribution in [-0.2, 0) is 11.2 Å². The minimum absolute atomic E-state index is 0.135. The zero-order chi connectivity index (χ0) is 10.6. The third kappa shape index (κ3) is 2.92. The fourth-order valence-electron chi connectivity index (χ4n) is 1.06. The predicted octanol–water partition coefficient (Wildman–Crippen LogP) is 1.42. The molecule has 0 saturated heterocycles. The first-order valence-electron chi connectivity index (χ1n) is 4.48. The monoisotopic (exact) mass is 260 g/mol. The molecular formula is C9H13BrN2O2. The van der Waals surface area contributed by atoms with E-state index in [2.05, 4.69) is 25.9 Å². The largest absolute Gasteiger partial charge is 0.381 e. The summed E-state index contributed by atoms with van der Waals surface area (Å²) in [6, 6.07) is 0. The lowest BCUT2D eigenvalue weighted by molar-refractivity contribution is 0.149. The summed E-state index contributed by atoms with van der Waals surface area (Å²) in [7, 11) is 0. The molecule has 0 bridgehead atoms. The van der Waals surface area contributed by atoms with Crippen LogP contribution < -0.4 is 5.56 Å². The van der Waals surface area contributed by atoms with Crippen LogP contribution in [0, 0.1) is 6.92 Å². The summed E-state index contributed by atoms with van der Waals surface area (Å²) in [4.78, 5) is 18.2. The smallest absolute Gasteiger partial charge is 0.265 e. The molecule has 1 heterocycles. The molecule has 0 aromatic carbocycles.